The van der Waals surface area contributed by atoms with Crippen molar-refractivity contribution in [3.8, 4) is 11.5 Å². The molecule has 142 valence electrons. The fourth-order valence-electron chi connectivity index (χ4n) is 2.23. The third-order valence-corrected chi connectivity index (χ3v) is 3.65. The normalized spacial score (nSPS) is 11.3. The summed E-state index contributed by atoms with van der Waals surface area (Å²) in [6.07, 6.45) is 9.26. The molecule has 1 aromatic carbocycles. The van der Waals surface area contributed by atoms with Gasteiger partial charge in [-0.15, -0.1) is 0 Å². The van der Waals surface area contributed by atoms with Crippen molar-refractivity contribution in [2.24, 2.45) is 0 Å². The van der Waals surface area contributed by atoms with Crippen LogP contribution >= 0.6 is 0 Å². The largest absolute Gasteiger partial charge is 0.493 e. The highest BCUT2D eigenvalue weighted by atomic mass is 16.5. The predicted octanol–water partition coefficient (Wildman–Crippen LogP) is 5.34. The SMILES string of the molecule is CCOc1ccc(C=CC(=O)OCC=C(C)CCC=C(C)C)cc1OC. The van der Waals surface area contributed by atoms with E-state index in [2.05, 4.69) is 26.8 Å². The molecule has 26 heavy (non-hydrogen) atoms. The maximum atomic E-state index is 11.8. The highest BCUT2D eigenvalue weighted by molar-refractivity contribution is 5.87. The van der Waals surface area contributed by atoms with Gasteiger partial charge in [-0.3, -0.25) is 0 Å². The maximum absolute atomic E-state index is 11.8. The van der Waals surface area contributed by atoms with Gasteiger partial charge in [-0.05, 0) is 70.4 Å². The first-order valence-electron chi connectivity index (χ1n) is 8.91. The second-order valence-electron chi connectivity index (χ2n) is 6.18. The Kier molecular flexibility index (Phi) is 9.91. The van der Waals surface area contributed by atoms with Gasteiger partial charge in [0.1, 0.15) is 6.61 Å². The first-order chi connectivity index (χ1) is 12.5. The number of carbonyl (C=O) groups excluding carboxylic acids is 1. The van der Waals surface area contributed by atoms with Gasteiger partial charge >= 0.3 is 5.97 Å². The number of carbonyl (C=O) groups is 1. The second-order valence-corrected chi connectivity index (χ2v) is 6.18. The summed E-state index contributed by atoms with van der Waals surface area (Å²) in [7, 11) is 1.59. The Bertz CT molecular complexity index is 665. The van der Waals surface area contributed by atoms with Crippen molar-refractivity contribution in [2.45, 2.75) is 40.5 Å². The maximum Gasteiger partial charge on any atom is 0.331 e. The summed E-state index contributed by atoms with van der Waals surface area (Å²) in [5.41, 5.74) is 3.38. The van der Waals surface area contributed by atoms with Crippen LogP contribution in [0.2, 0.25) is 0 Å². The molecular weight excluding hydrogens is 328 g/mol. The molecule has 1 aromatic rings. The van der Waals surface area contributed by atoms with E-state index in [1.165, 1.54) is 17.2 Å². The van der Waals surface area contributed by atoms with Gasteiger partial charge in [0.05, 0.1) is 13.7 Å². The average molecular weight is 358 g/mol. The van der Waals surface area contributed by atoms with Gasteiger partial charge in [-0.25, -0.2) is 4.79 Å². The number of rotatable bonds is 10. The van der Waals surface area contributed by atoms with E-state index in [9.17, 15) is 4.79 Å². The Labute approximate surface area is 157 Å². The van der Waals surface area contributed by atoms with Gasteiger partial charge in [0.25, 0.3) is 0 Å². The molecule has 4 nitrogen and oxygen atoms in total. The Hall–Kier alpha value is -2.49. The quantitative estimate of drug-likeness (QED) is 0.322. The molecule has 0 spiro atoms. The van der Waals surface area contributed by atoms with Crippen molar-refractivity contribution in [2.75, 3.05) is 20.3 Å². The van der Waals surface area contributed by atoms with Crippen molar-refractivity contribution in [3.05, 3.63) is 53.1 Å². The zero-order chi connectivity index (χ0) is 19.4. The number of esters is 1. The highest BCUT2D eigenvalue weighted by Gasteiger charge is 2.04. The molecule has 0 radical (unpaired) electrons. The van der Waals surface area contributed by atoms with Crippen molar-refractivity contribution >= 4 is 12.0 Å². The number of allylic oxidation sites excluding steroid dienone is 3. The molecule has 0 saturated heterocycles. The van der Waals surface area contributed by atoms with Crippen LogP contribution in [-0.2, 0) is 9.53 Å². The average Bonchev–Trinajstić information content (AvgIpc) is 2.60. The van der Waals surface area contributed by atoms with E-state index in [0.717, 1.165) is 18.4 Å². The predicted molar refractivity (Wildman–Crippen MR) is 107 cm³/mol. The lowest BCUT2D eigenvalue weighted by molar-refractivity contribution is -0.136. The molecule has 0 aliphatic rings. The van der Waals surface area contributed by atoms with E-state index in [1.54, 1.807) is 13.2 Å². The van der Waals surface area contributed by atoms with Crippen LogP contribution < -0.4 is 9.47 Å². The molecule has 0 saturated carbocycles. The van der Waals surface area contributed by atoms with Gasteiger partial charge in [-0.2, -0.15) is 0 Å². The molecular formula is C22H30O4. The Balaban J connectivity index is 2.51. The Morgan fingerprint density at radius 3 is 2.54 bits per heavy atom. The molecule has 4 heteroatoms. The van der Waals surface area contributed by atoms with Crippen LogP contribution in [0.15, 0.2) is 47.6 Å². The first kappa shape index (κ1) is 21.6. The lowest BCUT2D eigenvalue weighted by atomic mass is 10.1. The summed E-state index contributed by atoms with van der Waals surface area (Å²) in [6.45, 7) is 9.01. The summed E-state index contributed by atoms with van der Waals surface area (Å²) in [5.74, 6) is 0.951. The Morgan fingerprint density at radius 1 is 1.12 bits per heavy atom. The van der Waals surface area contributed by atoms with Crippen molar-refractivity contribution in [1.29, 1.82) is 0 Å². The van der Waals surface area contributed by atoms with Gasteiger partial charge in [0.15, 0.2) is 11.5 Å². The molecule has 0 aliphatic carbocycles. The van der Waals surface area contributed by atoms with E-state index in [-0.39, 0.29) is 12.6 Å². The van der Waals surface area contributed by atoms with Crippen molar-refractivity contribution in [1.82, 2.24) is 0 Å². The molecule has 1 rings (SSSR count). The number of methoxy groups -OCH3 is 1. The van der Waals surface area contributed by atoms with Gasteiger partial charge in [0.2, 0.25) is 0 Å². The van der Waals surface area contributed by atoms with Crippen LogP contribution in [0.3, 0.4) is 0 Å². The van der Waals surface area contributed by atoms with Gasteiger partial charge in [0, 0.05) is 6.08 Å². The summed E-state index contributed by atoms with van der Waals surface area (Å²) in [5, 5.41) is 0. The van der Waals surface area contributed by atoms with Crippen LogP contribution in [0.1, 0.15) is 46.1 Å². The van der Waals surface area contributed by atoms with E-state index in [4.69, 9.17) is 14.2 Å². The van der Waals surface area contributed by atoms with Crippen LogP contribution in [0.4, 0.5) is 0 Å². The van der Waals surface area contributed by atoms with Gasteiger partial charge < -0.3 is 14.2 Å². The molecule has 0 N–H and O–H groups in total. The van der Waals surface area contributed by atoms with E-state index in [0.29, 0.717) is 18.1 Å². The molecule has 0 bridgehead atoms. The van der Waals surface area contributed by atoms with E-state index in [1.807, 2.05) is 31.2 Å². The zero-order valence-corrected chi connectivity index (χ0v) is 16.5. The fourth-order valence-corrected chi connectivity index (χ4v) is 2.23. The lowest BCUT2D eigenvalue weighted by Crippen LogP contribution is -2.00. The highest BCUT2D eigenvalue weighted by Crippen LogP contribution is 2.28. The lowest BCUT2D eigenvalue weighted by Gasteiger charge is -2.09. The van der Waals surface area contributed by atoms with E-state index >= 15 is 0 Å². The Morgan fingerprint density at radius 2 is 1.88 bits per heavy atom. The minimum Gasteiger partial charge on any atom is -0.493 e. The summed E-state index contributed by atoms with van der Waals surface area (Å²) < 4.78 is 16.0. The second kappa shape index (κ2) is 12.0. The minimum absolute atomic E-state index is 0.288. The fraction of sp³-hybridized carbons (Fsp3) is 0.409. The van der Waals surface area contributed by atoms with E-state index < -0.39 is 0 Å². The molecule has 0 unspecified atom stereocenters. The molecule has 0 aromatic heterocycles. The summed E-state index contributed by atoms with van der Waals surface area (Å²) in [6, 6.07) is 5.51. The topological polar surface area (TPSA) is 44.8 Å². The van der Waals surface area contributed by atoms with Crippen LogP contribution in [0.25, 0.3) is 6.08 Å². The van der Waals surface area contributed by atoms with Crippen LogP contribution in [0.5, 0.6) is 11.5 Å². The number of benzene rings is 1. The monoisotopic (exact) mass is 358 g/mol. The van der Waals surface area contributed by atoms with Gasteiger partial charge in [-0.1, -0.05) is 23.3 Å². The summed E-state index contributed by atoms with van der Waals surface area (Å²) in [4.78, 5) is 11.8. The van der Waals surface area contributed by atoms with Crippen LogP contribution in [0, 0.1) is 0 Å². The third kappa shape index (κ3) is 8.56. The first-order valence-corrected chi connectivity index (χ1v) is 8.91. The molecule has 0 heterocycles. The zero-order valence-electron chi connectivity index (χ0n) is 16.5. The molecule has 0 amide bonds. The summed E-state index contributed by atoms with van der Waals surface area (Å²) >= 11 is 0. The smallest absolute Gasteiger partial charge is 0.331 e. The number of ether oxygens (including phenoxy) is 3. The standard InChI is InChI=1S/C22H30O4/c1-6-25-20-12-10-19(16-21(20)24-5)11-13-22(23)26-15-14-18(4)9-7-8-17(2)3/h8,10-14,16H,6-7,9,15H2,1-5H3. The molecule has 0 fully saturated rings. The molecule has 0 aliphatic heterocycles. The van der Waals surface area contributed by atoms with Crippen molar-refractivity contribution < 1.29 is 19.0 Å². The minimum atomic E-state index is -0.369. The van der Waals surface area contributed by atoms with Crippen molar-refractivity contribution in [3.63, 3.8) is 0 Å². The number of hydrogen-bond acceptors (Lipinski definition) is 4. The van der Waals surface area contributed by atoms with Crippen LogP contribution in [-0.4, -0.2) is 26.3 Å². The number of hydrogen-bond donors (Lipinski definition) is 0. The molecule has 0 atom stereocenters. The third-order valence-electron chi connectivity index (χ3n) is 3.65.